The fourth-order valence-electron chi connectivity index (χ4n) is 1.63. The molecule has 0 heterocycles. The summed E-state index contributed by atoms with van der Waals surface area (Å²) in [4.78, 5) is 22.6. The Morgan fingerprint density at radius 3 is 2.63 bits per heavy atom. The van der Waals surface area contributed by atoms with Gasteiger partial charge in [-0.05, 0) is 31.5 Å². The third-order valence-electron chi connectivity index (χ3n) is 2.37. The topological polar surface area (TPSA) is 66.4 Å². The van der Waals surface area contributed by atoms with Crippen molar-refractivity contribution in [3.05, 3.63) is 46.0 Å². The van der Waals surface area contributed by atoms with Gasteiger partial charge in [0.05, 0.1) is 12.5 Å². The number of carbonyl (C=O) groups excluding carboxylic acids is 1. The molecule has 1 atom stereocenters. The van der Waals surface area contributed by atoms with Gasteiger partial charge in [0.15, 0.2) is 0 Å². The zero-order valence-electron chi connectivity index (χ0n) is 10.8. The van der Waals surface area contributed by atoms with Crippen LogP contribution < -0.4 is 5.32 Å². The van der Waals surface area contributed by atoms with Crippen LogP contribution >= 0.6 is 15.9 Å². The minimum Gasteiger partial charge on any atom is -0.481 e. The van der Waals surface area contributed by atoms with E-state index in [2.05, 4.69) is 21.2 Å². The predicted octanol–water partition coefficient (Wildman–Crippen LogP) is 3.05. The van der Waals surface area contributed by atoms with Crippen molar-refractivity contribution in [3.63, 3.8) is 0 Å². The number of rotatable bonds is 5. The smallest absolute Gasteiger partial charge is 0.305 e. The lowest BCUT2D eigenvalue weighted by atomic mass is 10.0. The molecule has 0 radical (unpaired) electrons. The highest BCUT2D eigenvalue weighted by atomic mass is 79.9. The van der Waals surface area contributed by atoms with Crippen LogP contribution in [0.15, 0.2) is 40.4 Å². The molecule has 0 aliphatic carbocycles. The maximum Gasteiger partial charge on any atom is 0.305 e. The van der Waals surface area contributed by atoms with Crippen LogP contribution in [0.1, 0.15) is 31.9 Å². The number of allylic oxidation sites excluding steroid dienone is 1. The molecule has 5 heteroatoms. The summed E-state index contributed by atoms with van der Waals surface area (Å²) < 4.78 is 0.844. The Labute approximate surface area is 120 Å². The van der Waals surface area contributed by atoms with Crippen molar-refractivity contribution in [1.82, 2.24) is 5.32 Å². The third-order valence-corrected chi connectivity index (χ3v) is 2.86. The maximum atomic E-state index is 11.7. The van der Waals surface area contributed by atoms with Crippen LogP contribution in [0.5, 0.6) is 0 Å². The number of amides is 1. The molecule has 0 saturated heterocycles. The van der Waals surface area contributed by atoms with E-state index in [-0.39, 0.29) is 12.3 Å². The van der Waals surface area contributed by atoms with Crippen LogP contribution in [0, 0.1) is 0 Å². The van der Waals surface area contributed by atoms with Gasteiger partial charge >= 0.3 is 5.97 Å². The highest BCUT2D eigenvalue weighted by molar-refractivity contribution is 9.10. The minimum absolute atomic E-state index is 0.154. The summed E-state index contributed by atoms with van der Waals surface area (Å²) in [5.74, 6) is -1.24. The molecule has 102 valence electrons. The van der Waals surface area contributed by atoms with Crippen LogP contribution in [0.2, 0.25) is 0 Å². The van der Waals surface area contributed by atoms with E-state index >= 15 is 0 Å². The van der Waals surface area contributed by atoms with Gasteiger partial charge in [-0.3, -0.25) is 9.59 Å². The molecule has 1 amide bonds. The molecule has 2 N–H and O–H groups in total. The lowest BCUT2D eigenvalue weighted by Crippen LogP contribution is -2.28. The normalized spacial score (nSPS) is 11.5. The molecular formula is C14H16BrNO3. The Hall–Kier alpha value is -1.62. The van der Waals surface area contributed by atoms with Gasteiger partial charge in [0.25, 0.3) is 0 Å². The average Bonchev–Trinajstić information content (AvgIpc) is 2.26. The minimum atomic E-state index is -0.956. The predicted molar refractivity (Wildman–Crippen MR) is 76.7 cm³/mol. The molecule has 0 fully saturated rings. The quantitative estimate of drug-likeness (QED) is 0.817. The van der Waals surface area contributed by atoms with E-state index in [9.17, 15) is 9.59 Å². The first-order chi connectivity index (χ1) is 8.88. The first kappa shape index (κ1) is 15.4. The number of nitrogens with one attached hydrogen (secondary N) is 1. The Bertz CT molecular complexity index is 507. The van der Waals surface area contributed by atoms with Gasteiger partial charge in [-0.2, -0.15) is 0 Å². The Balaban J connectivity index is 2.92. The molecule has 0 bridgehead atoms. The van der Waals surface area contributed by atoms with E-state index in [1.807, 2.05) is 19.9 Å². The molecule has 19 heavy (non-hydrogen) atoms. The second-order valence-corrected chi connectivity index (χ2v) is 5.35. The number of carboxylic acid groups (broad SMARTS) is 1. The molecule has 0 aliphatic heterocycles. The lowest BCUT2D eigenvalue weighted by molar-refractivity contribution is -0.137. The van der Waals surface area contributed by atoms with Crippen molar-refractivity contribution in [2.24, 2.45) is 0 Å². The molecular weight excluding hydrogens is 310 g/mol. The fraction of sp³-hybridized carbons (Fsp3) is 0.286. The van der Waals surface area contributed by atoms with Crippen LogP contribution in [0.3, 0.4) is 0 Å². The van der Waals surface area contributed by atoms with Gasteiger partial charge in [0.1, 0.15) is 0 Å². The standard InChI is InChI=1S/C14H16BrNO3/c1-9(2)6-13(17)16-12(8-14(18)19)10-4-3-5-11(15)7-10/h3-7,12H,8H2,1-2H3,(H,16,17)(H,18,19)/t12-/m1/s1. The van der Waals surface area contributed by atoms with Gasteiger partial charge in [0, 0.05) is 10.5 Å². The van der Waals surface area contributed by atoms with Crippen molar-refractivity contribution in [1.29, 1.82) is 0 Å². The summed E-state index contributed by atoms with van der Waals surface area (Å²) >= 11 is 3.33. The second kappa shape index (κ2) is 7.09. The number of carboxylic acids is 1. The Morgan fingerprint density at radius 2 is 2.11 bits per heavy atom. The number of carbonyl (C=O) groups is 2. The van der Waals surface area contributed by atoms with E-state index in [4.69, 9.17) is 5.11 Å². The summed E-state index contributed by atoms with van der Waals surface area (Å²) in [7, 11) is 0. The Kier molecular flexibility index (Phi) is 5.76. The van der Waals surface area contributed by atoms with Crippen molar-refractivity contribution < 1.29 is 14.7 Å². The van der Waals surface area contributed by atoms with Crippen molar-refractivity contribution in [2.45, 2.75) is 26.3 Å². The molecule has 0 spiro atoms. The van der Waals surface area contributed by atoms with Crippen LogP contribution in [-0.2, 0) is 9.59 Å². The van der Waals surface area contributed by atoms with Gasteiger partial charge < -0.3 is 10.4 Å². The summed E-state index contributed by atoms with van der Waals surface area (Å²) in [6.45, 7) is 3.62. The van der Waals surface area contributed by atoms with E-state index < -0.39 is 12.0 Å². The zero-order valence-corrected chi connectivity index (χ0v) is 12.4. The summed E-state index contributed by atoms with van der Waals surface area (Å²) in [5, 5.41) is 11.6. The number of hydrogen-bond acceptors (Lipinski definition) is 2. The van der Waals surface area contributed by atoms with Gasteiger partial charge in [0.2, 0.25) is 5.91 Å². The monoisotopic (exact) mass is 325 g/mol. The van der Waals surface area contributed by atoms with Crippen molar-refractivity contribution in [2.75, 3.05) is 0 Å². The molecule has 1 aromatic carbocycles. The van der Waals surface area contributed by atoms with Gasteiger partial charge in [-0.15, -0.1) is 0 Å². The van der Waals surface area contributed by atoms with Gasteiger partial charge in [-0.1, -0.05) is 33.6 Å². The summed E-state index contributed by atoms with van der Waals surface area (Å²) in [5.41, 5.74) is 1.62. The van der Waals surface area contributed by atoms with E-state index in [1.54, 1.807) is 18.2 Å². The summed E-state index contributed by atoms with van der Waals surface area (Å²) in [6.07, 6.45) is 1.30. The first-order valence-corrected chi connectivity index (χ1v) is 6.60. The number of hydrogen-bond donors (Lipinski definition) is 2. The number of halogens is 1. The Morgan fingerprint density at radius 1 is 1.42 bits per heavy atom. The van der Waals surface area contributed by atoms with Crippen molar-refractivity contribution >= 4 is 27.8 Å². The SMILES string of the molecule is CC(C)=CC(=O)N[C@H](CC(=O)O)c1cccc(Br)c1. The maximum absolute atomic E-state index is 11.7. The fourth-order valence-corrected chi connectivity index (χ4v) is 2.04. The molecule has 0 saturated carbocycles. The molecule has 0 aromatic heterocycles. The third kappa shape index (κ3) is 5.70. The average molecular weight is 326 g/mol. The van der Waals surface area contributed by atoms with Crippen LogP contribution in [-0.4, -0.2) is 17.0 Å². The first-order valence-electron chi connectivity index (χ1n) is 5.81. The van der Waals surface area contributed by atoms with Gasteiger partial charge in [-0.25, -0.2) is 0 Å². The van der Waals surface area contributed by atoms with E-state index in [0.717, 1.165) is 15.6 Å². The molecule has 0 unspecified atom stereocenters. The number of aliphatic carboxylic acids is 1. The summed E-state index contributed by atoms with van der Waals surface area (Å²) in [6, 6.07) is 6.70. The second-order valence-electron chi connectivity index (χ2n) is 4.44. The lowest BCUT2D eigenvalue weighted by Gasteiger charge is -2.16. The largest absolute Gasteiger partial charge is 0.481 e. The molecule has 1 rings (SSSR count). The van der Waals surface area contributed by atoms with E-state index in [1.165, 1.54) is 6.08 Å². The molecule has 4 nitrogen and oxygen atoms in total. The highest BCUT2D eigenvalue weighted by Crippen LogP contribution is 2.21. The van der Waals surface area contributed by atoms with Crippen molar-refractivity contribution in [3.8, 4) is 0 Å². The van der Waals surface area contributed by atoms with Crippen LogP contribution in [0.4, 0.5) is 0 Å². The zero-order chi connectivity index (χ0) is 14.4. The van der Waals surface area contributed by atoms with E-state index in [0.29, 0.717) is 0 Å². The van der Waals surface area contributed by atoms with Crippen LogP contribution in [0.25, 0.3) is 0 Å². The molecule has 1 aromatic rings. The molecule has 0 aliphatic rings. The number of benzene rings is 1. The highest BCUT2D eigenvalue weighted by Gasteiger charge is 2.17.